The molecule has 0 unspecified atom stereocenters. The highest BCUT2D eigenvalue weighted by Gasteiger charge is 2.17. The number of carboxylic acids is 1. The molecule has 0 saturated heterocycles. The largest absolute Gasteiger partial charge is 0.484 e. The molecule has 0 spiro atoms. The molecule has 1 aromatic rings. The van der Waals surface area contributed by atoms with E-state index < -0.39 is 18.4 Å². The normalized spacial score (nSPS) is 10.2. The second kappa shape index (κ2) is 8.71. The third-order valence-electron chi connectivity index (χ3n) is 2.44. The van der Waals surface area contributed by atoms with Gasteiger partial charge in [-0.05, 0) is 18.2 Å². The molecule has 1 N–H and O–H groups in total. The average Bonchev–Trinajstić information content (AvgIpc) is 2.39. The molecule has 1 amide bonds. The quantitative estimate of drug-likeness (QED) is 0.785. The Hall–Kier alpha value is -1.50. The van der Waals surface area contributed by atoms with Gasteiger partial charge in [-0.3, -0.25) is 9.59 Å². The van der Waals surface area contributed by atoms with E-state index in [9.17, 15) is 9.59 Å². The highest BCUT2D eigenvalue weighted by molar-refractivity contribution is 6.34. The van der Waals surface area contributed by atoms with Gasteiger partial charge in [0.25, 0.3) is 5.91 Å². The number of rotatable bonds is 8. The number of aliphatic carboxylic acids is 1. The van der Waals surface area contributed by atoms with Crippen molar-refractivity contribution in [3.63, 3.8) is 0 Å². The second-order valence-electron chi connectivity index (χ2n) is 4.10. The monoisotopic (exact) mass is 335 g/mol. The van der Waals surface area contributed by atoms with Crippen LogP contribution in [0.3, 0.4) is 0 Å². The highest BCUT2D eigenvalue weighted by Crippen LogP contribution is 2.24. The van der Waals surface area contributed by atoms with Crippen LogP contribution in [0.25, 0.3) is 0 Å². The van der Waals surface area contributed by atoms with Gasteiger partial charge in [0, 0.05) is 23.7 Å². The van der Waals surface area contributed by atoms with Gasteiger partial charge in [0.15, 0.2) is 6.61 Å². The minimum Gasteiger partial charge on any atom is -0.484 e. The third kappa shape index (κ3) is 6.66. The number of carbonyl (C=O) groups excluding carboxylic acids is 1. The Morgan fingerprint density at radius 1 is 1.24 bits per heavy atom. The number of hydrogen-bond acceptors (Lipinski definition) is 4. The van der Waals surface area contributed by atoms with E-state index in [0.29, 0.717) is 15.8 Å². The lowest BCUT2D eigenvalue weighted by Crippen LogP contribution is -2.40. The van der Waals surface area contributed by atoms with Crippen molar-refractivity contribution < 1.29 is 24.2 Å². The first-order chi connectivity index (χ1) is 9.92. The van der Waals surface area contributed by atoms with E-state index in [4.69, 9.17) is 37.8 Å². The summed E-state index contributed by atoms with van der Waals surface area (Å²) in [4.78, 5) is 23.8. The topological polar surface area (TPSA) is 76.1 Å². The molecule has 0 atom stereocenters. The number of hydrogen-bond donors (Lipinski definition) is 1. The van der Waals surface area contributed by atoms with Crippen molar-refractivity contribution in [2.24, 2.45) is 0 Å². The molecule has 21 heavy (non-hydrogen) atoms. The molecule has 0 aliphatic heterocycles. The summed E-state index contributed by atoms with van der Waals surface area (Å²) in [6, 6.07) is 4.56. The van der Waals surface area contributed by atoms with Gasteiger partial charge in [-0.1, -0.05) is 23.2 Å². The van der Waals surface area contributed by atoms with E-state index in [1.807, 2.05) is 0 Å². The third-order valence-corrected chi connectivity index (χ3v) is 2.88. The van der Waals surface area contributed by atoms with Crippen molar-refractivity contribution in [2.45, 2.75) is 0 Å². The number of carboxylic acid groups (broad SMARTS) is 1. The van der Waals surface area contributed by atoms with E-state index in [1.54, 1.807) is 0 Å². The van der Waals surface area contributed by atoms with E-state index >= 15 is 0 Å². The summed E-state index contributed by atoms with van der Waals surface area (Å²) in [5.74, 6) is -1.24. The maximum Gasteiger partial charge on any atom is 0.323 e. The van der Waals surface area contributed by atoms with Gasteiger partial charge in [0.05, 0.1) is 6.61 Å². The summed E-state index contributed by atoms with van der Waals surface area (Å²) in [6.07, 6.45) is 0. The zero-order chi connectivity index (χ0) is 15.8. The summed E-state index contributed by atoms with van der Waals surface area (Å²) >= 11 is 11.6. The Morgan fingerprint density at radius 3 is 2.38 bits per heavy atom. The first-order valence-corrected chi connectivity index (χ1v) is 6.75. The molecule has 8 heteroatoms. The molecule has 0 aromatic heterocycles. The van der Waals surface area contributed by atoms with Gasteiger partial charge in [-0.25, -0.2) is 0 Å². The van der Waals surface area contributed by atoms with Crippen LogP contribution in [0.1, 0.15) is 0 Å². The summed E-state index contributed by atoms with van der Waals surface area (Å²) < 4.78 is 10.1. The fourth-order valence-corrected chi connectivity index (χ4v) is 2.01. The first kappa shape index (κ1) is 17.6. The van der Waals surface area contributed by atoms with E-state index in [2.05, 4.69) is 0 Å². The van der Waals surface area contributed by atoms with Crippen LogP contribution >= 0.6 is 23.2 Å². The van der Waals surface area contributed by atoms with Crippen LogP contribution in [0, 0.1) is 0 Å². The number of nitrogens with zero attached hydrogens (tertiary/aromatic N) is 1. The van der Waals surface area contributed by atoms with Crippen LogP contribution in [-0.2, 0) is 14.3 Å². The van der Waals surface area contributed by atoms with Gasteiger partial charge in [-0.2, -0.15) is 0 Å². The van der Waals surface area contributed by atoms with Crippen LogP contribution < -0.4 is 4.74 Å². The average molecular weight is 336 g/mol. The number of carbonyl (C=O) groups is 2. The van der Waals surface area contributed by atoms with Crippen molar-refractivity contribution in [3.8, 4) is 5.75 Å². The van der Waals surface area contributed by atoms with Crippen LogP contribution in [0.5, 0.6) is 5.75 Å². The maximum absolute atomic E-state index is 11.9. The smallest absolute Gasteiger partial charge is 0.323 e. The summed E-state index contributed by atoms with van der Waals surface area (Å²) in [5, 5.41) is 9.54. The van der Waals surface area contributed by atoms with Crippen molar-refractivity contribution >= 4 is 35.1 Å². The van der Waals surface area contributed by atoms with Crippen molar-refractivity contribution in [3.05, 3.63) is 28.2 Å². The molecule has 6 nitrogen and oxygen atoms in total. The van der Waals surface area contributed by atoms with Crippen LogP contribution in [0.15, 0.2) is 18.2 Å². The van der Waals surface area contributed by atoms with Crippen molar-refractivity contribution in [1.29, 1.82) is 0 Å². The van der Waals surface area contributed by atoms with Gasteiger partial charge in [-0.15, -0.1) is 0 Å². The molecule has 0 bridgehead atoms. The Labute approximate surface area is 132 Å². The minimum absolute atomic E-state index is 0.168. The molecule has 0 aliphatic carbocycles. The zero-order valence-electron chi connectivity index (χ0n) is 11.3. The standard InChI is InChI=1S/C13H15Cl2NO5/c1-20-3-2-16(7-13(18)19)12(17)8-21-11-5-9(14)4-10(15)6-11/h4-6H,2-3,7-8H2,1H3,(H,18,19). The number of benzene rings is 1. The minimum atomic E-state index is -1.11. The van der Waals surface area contributed by atoms with Gasteiger partial charge >= 0.3 is 5.97 Å². The van der Waals surface area contributed by atoms with E-state index in [0.717, 1.165) is 4.90 Å². The lowest BCUT2D eigenvalue weighted by Gasteiger charge is -2.20. The van der Waals surface area contributed by atoms with Crippen LogP contribution in [0.2, 0.25) is 10.0 Å². The fraction of sp³-hybridized carbons (Fsp3) is 0.385. The molecule has 0 saturated carbocycles. The van der Waals surface area contributed by atoms with E-state index in [1.165, 1.54) is 25.3 Å². The predicted octanol–water partition coefficient (Wildman–Crippen LogP) is 1.93. The Morgan fingerprint density at radius 2 is 1.86 bits per heavy atom. The fourth-order valence-electron chi connectivity index (χ4n) is 1.50. The van der Waals surface area contributed by atoms with Gasteiger partial charge < -0.3 is 19.5 Å². The van der Waals surface area contributed by atoms with Gasteiger partial charge in [0.2, 0.25) is 0 Å². The predicted molar refractivity (Wildman–Crippen MR) is 78.0 cm³/mol. The number of methoxy groups -OCH3 is 1. The van der Waals surface area contributed by atoms with Crippen molar-refractivity contribution in [2.75, 3.05) is 33.4 Å². The molecule has 0 fully saturated rings. The lowest BCUT2D eigenvalue weighted by molar-refractivity contribution is -0.145. The second-order valence-corrected chi connectivity index (χ2v) is 4.97. The van der Waals surface area contributed by atoms with E-state index in [-0.39, 0.29) is 19.8 Å². The lowest BCUT2D eigenvalue weighted by atomic mass is 10.3. The molecule has 0 aliphatic rings. The van der Waals surface area contributed by atoms with Crippen molar-refractivity contribution in [1.82, 2.24) is 4.90 Å². The first-order valence-electron chi connectivity index (χ1n) is 5.99. The Bertz CT molecular complexity index is 489. The molecule has 0 radical (unpaired) electrons. The number of amides is 1. The molecule has 116 valence electrons. The number of ether oxygens (including phenoxy) is 2. The molecular formula is C13H15Cl2NO5. The highest BCUT2D eigenvalue weighted by atomic mass is 35.5. The Balaban J connectivity index is 2.61. The molecule has 1 rings (SSSR count). The Kier molecular flexibility index (Phi) is 7.28. The summed E-state index contributed by atoms with van der Waals surface area (Å²) in [6.45, 7) is -0.321. The zero-order valence-corrected chi connectivity index (χ0v) is 12.9. The SMILES string of the molecule is COCCN(CC(=O)O)C(=O)COc1cc(Cl)cc(Cl)c1. The maximum atomic E-state index is 11.9. The summed E-state index contributed by atoms with van der Waals surface area (Å²) in [7, 11) is 1.47. The van der Waals surface area contributed by atoms with Crippen LogP contribution in [-0.4, -0.2) is 55.3 Å². The molecule has 0 heterocycles. The van der Waals surface area contributed by atoms with Gasteiger partial charge in [0.1, 0.15) is 12.3 Å². The number of halogens is 2. The summed E-state index contributed by atoms with van der Waals surface area (Å²) in [5.41, 5.74) is 0. The molecule has 1 aromatic carbocycles. The molecular weight excluding hydrogens is 321 g/mol. The van der Waals surface area contributed by atoms with Crippen LogP contribution in [0.4, 0.5) is 0 Å².